The van der Waals surface area contributed by atoms with Crippen LogP contribution < -0.4 is 4.72 Å². The molecule has 1 aliphatic rings. The molecule has 6 heteroatoms. The molecule has 1 aromatic carbocycles. The SMILES string of the molecule is Cc1cc(C)c(S(=O)(=O)NCC(c2ccsc2)N2CCCCC2)c(C)c1. The number of sulfonamides is 1. The fraction of sp³-hybridized carbons (Fsp3) is 0.500. The predicted octanol–water partition coefficient (Wildman–Crippen LogP) is 4.18. The minimum absolute atomic E-state index is 0.0994. The van der Waals surface area contributed by atoms with E-state index < -0.39 is 10.0 Å². The van der Waals surface area contributed by atoms with Gasteiger partial charge in [-0.15, -0.1) is 0 Å². The summed E-state index contributed by atoms with van der Waals surface area (Å²) in [4.78, 5) is 2.84. The molecule has 2 aromatic rings. The summed E-state index contributed by atoms with van der Waals surface area (Å²) in [6.45, 7) is 8.21. The van der Waals surface area contributed by atoms with Gasteiger partial charge in [-0.3, -0.25) is 4.90 Å². The van der Waals surface area contributed by atoms with Crippen molar-refractivity contribution < 1.29 is 8.42 Å². The molecule has 0 aliphatic carbocycles. The monoisotopic (exact) mass is 392 g/mol. The zero-order valence-electron chi connectivity index (χ0n) is 15.8. The van der Waals surface area contributed by atoms with Crippen LogP contribution in [0.15, 0.2) is 33.9 Å². The number of nitrogens with zero attached hydrogens (tertiary/aromatic N) is 1. The first-order valence-electron chi connectivity index (χ1n) is 9.22. The highest BCUT2D eigenvalue weighted by Gasteiger charge is 2.26. The molecular formula is C20H28N2O2S2. The Morgan fingerprint density at radius 2 is 1.77 bits per heavy atom. The summed E-state index contributed by atoms with van der Waals surface area (Å²) in [7, 11) is -3.54. The number of piperidine rings is 1. The van der Waals surface area contributed by atoms with Crippen LogP contribution >= 0.6 is 11.3 Å². The van der Waals surface area contributed by atoms with Crippen LogP contribution in [0, 0.1) is 20.8 Å². The maximum Gasteiger partial charge on any atom is 0.241 e. The zero-order chi connectivity index (χ0) is 18.7. The summed E-state index contributed by atoms with van der Waals surface area (Å²) in [6, 6.07) is 6.08. The van der Waals surface area contributed by atoms with Gasteiger partial charge >= 0.3 is 0 Å². The lowest BCUT2D eigenvalue weighted by atomic mass is 10.0. The average Bonchev–Trinajstić information content (AvgIpc) is 3.09. The molecule has 0 radical (unpaired) electrons. The second kappa shape index (κ2) is 8.21. The number of hydrogen-bond donors (Lipinski definition) is 1. The van der Waals surface area contributed by atoms with Gasteiger partial charge in [-0.1, -0.05) is 24.1 Å². The highest BCUT2D eigenvalue weighted by molar-refractivity contribution is 7.89. The number of aryl methyl sites for hydroxylation is 3. The number of hydrogen-bond acceptors (Lipinski definition) is 4. The third-order valence-corrected chi connectivity index (χ3v) is 7.53. The van der Waals surface area contributed by atoms with E-state index in [1.807, 2.05) is 32.9 Å². The van der Waals surface area contributed by atoms with E-state index in [9.17, 15) is 8.42 Å². The van der Waals surface area contributed by atoms with E-state index >= 15 is 0 Å². The molecule has 0 spiro atoms. The van der Waals surface area contributed by atoms with Crippen molar-refractivity contribution >= 4 is 21.4 Å². The molecule has 1 fully saturated rings. The third kappa shape index (κ3) is 4.36. The maximum atomic E-state index is 13.0. The van der Waals surface area contributed by atoms with E-state index in [0.29, 0.717) is 11.4 Å². The van der Waals surface area contributed by atoms with Gasteiger partial charge in [0.1, 0.15) is 0 Å². The molecule has 4 nitrogen and oxygen atoms in total. The molecule has 1 unspecified atom stereocenters. The Kier molecular flexibility index (Phi) is 6.17. The van der Waals surface area contributed by atoms with Crippen LogP contribution in [0.3, 0.4) is 0 Å². The van der Waals surface area contributed by atoms with Crippen molar-refractivity contribution in [1.29, 1.82) is 0 Å². The number of benzene rings is 1. The molecule has 0 amide bonds. The minimum atomic E-state index is -3.54. The zero-order valence-corrected chi connectivity index (χ0v) is 17.4. The predicted molar refractivity (Wildman–Crippen MR) is 108 cm³/mol. The van der Waals surface area contributed by atoms with Gasteiger partial charge in [0.25, 0.3) is 0 Å². The summed E-state index contributed by atoms with van der Waals surface area (Å²) in [5.41, 5.74) is 3.90. The van der Waals surface area contributed by atoms with Crippen LogP contribution in [-0.2, 0) is 10.0 Å². The first-order chi connectivity index (χ1) is 12.4. The fourth-order valence-electron chi connectivity index (χ4n) is 4.00. The van der Waals surface area contributed by atoms with Gasteiger partial charge in [-0.05, 0) is 80.2 Å². The molecule has 1 atom stereocenters. The molecule has 1 saturated heterocycles. The van der Waals surface area contributed by atoms with Crippen LogP contribution in [-0.4, -0.2) is 33.0 Å². The van der Waals surface area contributed by atoms with Crippen molar-refractivity contribution in [1.82, 2.24) is 9.62 Å². The molecule has 2 heterocycles. The maximum absolute atomic E-state index is 13.0. The summed E-state index contributed by atoms with van der Waals surface area (Å²) in [5.74, 6) is 0. The minimum Gasteiger partial charge on any atom is -0.295 e. The Hall–Kier alpha value is -1.21. The Bertz CT molecular complexity index is 816. The fourth-order valence-corrected chi connectivity index (χ4v) is 6.20. The van der Waals surface area contributed by atoms with Gasteiger partial charge < -0.3 is 0 Å². The van der Waals surface area contributed by atoms with E-state index in [1.54, 1.807) is 11.3 Å². The number of thiophene rings is 1. The largest absolute Gasteiger partial charge is 0.295 e. The summed E-state index contributed by atoms with van der Waals surface area (Å²) >= 11 is 1.66. The van der Waals surface area contributed by atoms with Crippen molar-refractivity contribution in [2.75, 3.05) is 19.6 Å². The van der Waals surface area contributed by atoms with Gasteiger partial charge in [0.2, 0.25) is 10.0 Å². The lowest BCUT2D eigenvalue weighted by Gasteiger charge is -2.34. The highest BCUT2D eigenvalue weighted by atomic mass is 32.2. The van der Waals surface area contributed by atoms with Crippen molar-refractivity contribution in [2.45, 2.75) is 51.0 Å². The van der Waals surface area contributed by atoms with Crippen LogP contribution in [0.25, 0.3) is 0 Å². The number of rotatable bonds is 6. The number of nitrogens with one attached hydrogen (secondary N) is 1. The summed E-state index contributed by atoms with van der Waals surface area (Å²) in [6.07, 6.45) is 3.63. The molecule has 0 saturated carbocycles. The topological polar surface area (TPSA) is 49.4 Å². The smallest absolute Gasteiger partial charge is 0.241 e. The second-order valence-electron chi connectivity index (χ2n) is 7.25. The molecule has 142 valence electrons. The summed E-state index contributed by atoms with van der Waals surface area (Å²) in [5, 5.41) is 4.20. The molecule has 0 bridgehead atoms. The standard InChI is InChI=1S/C20H28N2O2S2/c1-15-11-16(2)20(17(3)12-15)26(23,24)21-13-19(18-7-10-25-14-18)22-8-5-4-6-9-22/h7,10-12,14,19,21H,4-6,8-9,13H2,1-3H3. The molecule has 3 rings (SSSR count). The lowest BCUT2D eigenvalue weighted by molar-refractivity contribution is 0.165. The van der Waals surface area contributed by atoms with Crippen LogP contribution in [0.2, 0.25) is 0 Å². The van der Waals surface area contributed by atoms with Crippen molar-refractivity contribution in [3.8, 4) is 0 Å². The van der Waals surface area contributed by atoms with Crippen LogP contribution in [0.4, 0.5) is 0 Å². The Labute approximate surface area is 161 Å². The van der Waals surface area contributed by atoms with Gasteiger partial charge in [-0.25, -0.2) is 13.1 Å². The molecule has 1 aliphatic heterocycles. The Morgan fingerprint density at radius 3 is 2.35 bits per heavy atom. The van der Waals surface area contributed by atoms with Gasteiger partial charge in [0.05, 0.1) is 4.90 Å². The van der Waals surface area contributed by atoms with Gasteiger partial charge in [0.15, 0.2) is 0 Å². The summed E-state index contributed by atoms with van der Waals surface area (Å²) < 4.78 is 28.9. The van der Waals surface area contributed by atoms with E-state index in [4.69, 9.17) is 0 Å². The molecule has 1 N–H and O–H groups in total. The van der Waals surface area contributed by atoms with Crippen LogP contribution in [0.1, 0.15) is 47.6 Å². The van der Waals surface area contributed by atoms with Gasteiger partial charge in [-0.2, -0.15) is 11.3 Å². The molecule has 26 heavy (non-hydrogen) atoms. The highest BCUT2D eigenvalue weighted by Crippen LogP contribution is 2.27. The van der Waals surface area contributed by atoms with E-state index in [1.165, 1.54) is 24.8 Å². The quantitative estimate of drug-likeness (QED) is 0.802. The van der Waals surface area contributed by atoms with Gasteiger partial charge in [0, 0.05) is 12.6 Å². The van der Waals surface area contributed by atoms with Crippen molar-refractivity contribution in [3.05, 3.63) is 51.2 Å². The second-order valence-corrected chi connectivity index (χ2v) is 9.73. The van der Waals surface area contributed by atoms with Crippen LogP contribution in [0.5, 0.6) is 0 Å². The van der Waals surface area contributed by atoms with E-state index in [0.717, 1.165) is 29.8 Å². The normalized spacial score (nSPS) is 17.3. The average molecular weight is 393 g/mol. The third-order valence-electron chi connectivity index (χ3n) is 5.10. The Balaban J connectivity index is 1.82. The van der Waals surface area contributed by atoms with E-state index in [-0.39, 0.29) is 6.04 Å². The molecule has 1 aromatic heterocycles. The first-order valence-corrected chi connectivity index (χ1v) is 11.6. The lowest BCUT2D eigenvalue weighted by Crippen LogP contribution is -2.40. The van der Waals surface area contributed by atoms with E-state index in [2.05, 4.69) is 26.4 Å². The van der Waals surface area contributed by atoms with Crippen molar-refractivity contribution in [3.63, 3.8) is 0 Å². The van der Waals surface area contributed by atoms with Crippen molar-refractivity contribution in [2.24, 2.45) is 0 Å². The Morgan fingerprint density at radius 1 is 1.12 bits per heavy atom. The first kappa shape index (κ1) is 19.5. The number of likely N-dealkylation sites (tertiary alicyclic amines) is 1. The molecular weight excluding hydrogens is 364 g/mol.